The van der Waals surface area contributed by atoms with Crippen LogP contribution in [0.25, 0.3) is 0 Å². The zero-order valence-electron chi connectivity index (χ0n) is 13.2. The van der Waals surface area contributed by atoms with Gasteiger partial charge in [-0.25, -0.2) is 4.39 Å². The first-order valence-corrected chi connectivity index (χ1v) is 7.63. The van der Waals surface area contributed by atoms with Crippen molar-refractivity contribution in [2.45, 2.75) is 45.7 Å². The molecular formula is C17H25FN2O. The molecule has 1 fully saturated rings. The SMILES string of the molecule is CC(C)(C)NC(=O)C1CCN(Cc2ccccc2F)CC1. The van der Waals surface area contributed by atoms with E-state index in [-0.39, 0.29) is 23.2 Å². The molecule has 1 aromatic rings. The lowest BCUT2D eigenvalue weighted by molar-refractivity contribution is -0.127. The highest BCUT2D eigenvalue weighted by molar-refractivity contribution is 5.79. The number of benzene rings is 1. The second-order valence-electron chi connectivity index (χ2n) is 6.88. The minimum absolute atomic E-state index is 0.0843. The Morgan fingerprint density at radius 3 is 2.48 bits per heavy atom. The summed E-state index contributed by atoms with van der Waals surface area (Å²) < 4.78 is 13.6. The van der Waals surface area contributed by atoms with Gasteiger partial charge in [0.1, 0.15) is 5.82 Å². The third-order valence-corrected chi connectivity index (χ3v) is 3.81. The number of halogens is 1. The fourth-order valence-corrected chi connectivity index (χ4v) is 2.69. The van der Waals surface area contributed by atoms with Gasteiger partial charge in [0.2, 0.25) is 5.91 Å². The zero-order valence-corrected chi connectivity index (χ0v) is 13.2. The maximum atomic E-state index is 13.6. The molecule has 0 spiro atoms. The number of hydrogen-bond acceptors (Lipinski definition) is 2. The summed E-state index contributed by atoms with van der Waals surface area (Å²) in [5, 5.41) is 3.05. The van der Waals surface area contributed by atoms with Crippen molar-refractivity contribution in [1.82, 2.24) is 10.2 Å². The zero-order chi connectivity index (χ0) is 15.5. The highest BCUT2D eigenvalue weighted by atomic mass is 19.1. The van der Waals surface area contributed by atoms with E-state index in [4.69, 9.17) is 0 Å². The molecule has 0 saturated carbocycles. The summed E-state index contributed by atoms with van der Waals surface area (Å²) in [7, 11) is 0. The number of nitrogens with zero attached hydrogens (tertiary/aromatic N) is 1. The highest BCUT2D eigenvalue weighted by Gasteiger charge is 2.27. The van der Waals surface area contributed by atoms with Gasteiger partial charge in [0.15, 0.2) is 0 Å². The lowest BCUT2D eigenvalue weighted by Gasteiger charge is -2.33. The van der Waals surface area contributed by atoms with Gasteiger partial charge < -0.3 is 5.32 Å². The Bertz CT molecular complexity index is 488. The van der Waals surface area contributed by atoms with E-state index in [1.807, 2.05) is 32.9 Å². The second kappa shape index (κ2) is 6.56. The number of nitrogens with one attached hydrogen (secondary N) is 1. The largest absolute Gasteiger partial charge is 0.351 e. The Morgan fingerprint density at radius 1 is 1.29 bits per heavy atom. The van der Waals surface area contributed by atoms with E-state index in [1.165, 1.54) is 6.07 Å². The van der Waals surface area contributed by atoms with Crippen molar-refractivity contribution in [2.24, 2.45) is 5.92 Å². The molecule has 1 saturated heterocycles. The average Bonchev–Trinajstić information content (AvgIpc) is 2.40. The molecule has 0 unspecified atom stereocenters. The molecule has 0 atom stereocenters. The first-order valence-electron chi connectivity index (χ1n) is 7.63. The first-order chi connectivity index (χ1) is 9.85. The molecule has 116 valence electrons. The van der Waals surface area contributed by atoms with Gasteiger partial charge in [-0.2, -0.15) is 0 Å². The lowest BCUT2D eigenvalue weighted by Crippen LogP contribution is -2.46. The molecular weight excluding hydrogens is 267 g/mol. The molecule has 1 aliphatic heterocycles. The van der Waals surface area contributed by atoms with Crippen molar-refractivity contribution in [3.8, 4) is 0 Å². The minimum Gasteiger partial charge on any atom is -0.351 e. The smallest absolute Gasteiger partial charge is 0.223 e. The van der Waals surface area contributed by atoms with Crippen LogP contribution in [-0.2, 0) is 11.3 Å². The van der Waals surface area contributed by atoms with Crippen LogP contribution in [0.1, 0.15) is 39.2 Å². The van der Waals surface area contributed by atoms with Gasteiger partial charge in [-0.15, -0.1) is 0 Å². The maximum absolute atomic E-state index is 13.6. The fraction of sp³-hybridized carbons (Fsp3) is 0.588. The van der Waals surface area contributed by atoms with Crippen LogP contribution < -0.4 is 5.32 Å². The first kappa shape index (κ1) is 16.0. The van der Waals surface area contributed by atoms with E-state index in [1.54, 1.807) is 6.07 Å². The van der Waals surface area contributed by atoms with Crippen LogP contribution in [0.3, 0.4) is 0 Å². The Balaban J connectivity index is 1.83. The monoisotopic (exact) mass is 292 g/mol. The molecule has 1 aromatic carbocycles. The summed E-state index contributed by atoms with van der Waals surface area (Å²) in [5.74, 6) is 0.0826. The quantitative estimate of drug-likeness (QED) is 0.929. The van der Waals surface area contributed by atoms with Gasteiger partial charge in [-0.1, -0.05) is 18.2 Å². The number of hydrogen-bond donors (Lipinski definition) is 1. The highest BCUT2D eigenvalue weighted by Crippen LogP contribution is 2.20. The Labute approximate surface area is 126 Å². The molecule has 0 aromatic heterocycles. The second-order valence-corrected chi connectivity index (χ2v) is 6.88. The number of rotatable bonds is 3. The minimum atomic E-state index is -0.179. The molecule has 2 rings (SSSR count). The van der Waals surface area contributed by atoms with E-state index >= 15 is 0 Å². The molecule has 4 heteroatoms. The standard InChI is InChI=1S/C17H25FN2O/c1-17(2,3)19-16(21)13-8-10-20(11-9-13)12-14-6-4-5-7-15(14)18/h4-7,13H,8-12H2,1-3H3,(H,19,21). The molecule has 21 heavy (non-hydrogen) atoms. The van der Waals surface area contributed by atoms with Crippen LogP contribution in [0.15, 0.2) is 24.3 Å². The lowest BCUT2D eigenvalue weighted by atomic mass is 9.94. The molecule has 1 amide bonds. The van der Waals surface area contributed by atoms with Crippen LogP contribution in [0.4, 0.5) is 4.39 Å². The van der Waals surface area contributed by atoms with Gasteiger partial charge in [-0.05, 0) is 52.8 Å². The van der Waals surface area contributed by atoms with E-state index in [0.717, 1.165) is 31.5 Å². The van der Waals surface area contributed by atoms with Crippen molar-refractivity contribution in [2.75, 3.05) is 13.1 Å². The van der Waals surface area contributed by atoms with Crippen molar-refractivity contribution in [1.29, 1.82) is 0 Å². The molecule has 0 bridgehead atoms. The van der Waals surface area contributed by atoms with Crippen molar-refractivity contribution in [3.05, 3.63) is 35.6 Å². The third kappa shape index (κ3) is 4.81. The number of amides is 1. The number of carbonyl (C=O) groups excluding carboxylic acids is 1. The summed E-state index contributed by atoms with van der Waals surface area (Å²) in [6, 6.07) is 6.90. The van der Waals surface area contributed by atoms with Gasteiger partial charge in [0.05, 0.1) is 0 Å². The Morgan fingerprint density at radius 2 is 1.90 bits per heavy atom. The van der Waals surface area contributed by atoms with Crippen molar-refractivity contribution >= 4 is 5.91 Å². The van der Waals surface area contributed by atoms with Crippen LogP contribution >= 0.6 is 0 Å². The maximum Gasteiger partial charge on any atom is 0.223 e. The molecule has 1 aliphatic rings. The summed E-state index contributed by atoms with van der Waals surface area (Å²) in [6.07, 6.45) is 1.69. The molecule has 1 N–H and O–H groups in total. The predicted molar refractivity (Wildman–Crippen MR) is 82.3 cm³/mol. The van der Waals surface area contributed by atoms with Gasteiger partial charge in [0, 0.05) is 23.6 Å². The van der Waals surface area contributed by atoms with Crippen LogP contribution in [0.5, 0.6) is 0 Å². The molecule has 0 radical (unpaired) electrons. The summed E-state index contributed by atoms with van der Waals surface area (Å²) in [6.45, 7) is 8.31. The molecule has 1 heterocycles. The Kier molecular flexibility index (Phi) is 4.99. The number of piperidine rings is 1. The van der Waals surface area contributed by atoms with E-state index in [2.05, 4.69) is 10.2 Å². The van der Waals surface area contributed by atoms with Gasteiger partial charge in [-0.3, -0.25) is 9.69 Å². The van der Waals surface area contributed by atoms with Gasteiger partial charge in [0.25, 0.3) is 0 Å². The summed E-state index contributed by atoms with van der Waals surface area (Å²) in [5.41, 5.74) is 0.552. The van der Waals surface area contributed by atoms with Gasteiger partial charge >= 0.3 is 0 Å². The van der Waals surface area contributed by atoms with Crippen molar-refractivity contribution < 1.29 is 9.18 Å². The molecule has 0 aliphatic carbocycles. The Hall–Kier alpha value is -1.42. The number of carbonyl (C=O) groups is 1. The summed E-state index contributed by atoms with van der Waals surface area (Å²) in [4.78, 5) is 14.4. The summed E-state index contributed by atoms with van der Waals surface area (Å²) >= 11 is 0. The predicted octanol–water partition coefficient (Wildman–Crippen LogP) is 2.95. The number of likely N-dealkylation sites (tertiary alicyclic amines) is 1. The van der Waals surface area contributed by atoms with E-state index in [9.17, 15) is 9.18 Å². The van der Waals surface area contributed by atoms with Crippen LogP contribution in [0, 0.1) is 11.7 Å². The molecule has 3 nitrogen and oxygen atoms in total. The van der Waals surface area contributed by atoms with Crippen molar-refractivity contribution in [3.63, 3.8) is 0 Å². The van der Waals surface area contributed by atoms with Crippen LogP contribution in [0.2, 0.25) is 0 Å². The fourth-order valence-electron chi connectivity index (χ4n) is 2.69. The topological polar surface area (TPSA) is 32.3 Å². The normalized spacial score (nSPS) is 17.7. The average molecular weight is 292 g/mol. The van der Waals surface area contributed by atoms with E-state index in [0.29, 0.717) is 6.54 Å². The third-order valence-electron chi connectivity index (χ3n) is 3.81. The van der Waals surface area contributed by atoms with E-state index < -0.39 is 0 Å². The van der Waals surface area contributed by atoms with Crippen LogP contribution in [-0.4, -0.2) is 29.4 Å².